The average Bonchev–Trinajstić information content (AvgIpc) is 3.38. The lowest BCUT2D eigenvalue weighted by atomic mass is 10.0. The van der Waals surface area contributed by atoms with Crippen LogP contribution in [0.25, 0.3) is 22.4 Å². The number of ether oxygens (including phenoxy) is 1. The van der Waals surface area contributed by atoms with Crippen molar-refractivity contribution >= 4 is 22.5 Å². The Hall–Kier alpha value is -3.80. The fraction of sp³-hybridized carbons (Fsp3) is 0.200. The number of benzene rings is 2. The van der Waals surface area contributed by atoms with Crippen LogP contribution in [0.5, 0.6) is 5.75 Å². The lowest BCUT2D eigenvalue weighted by molar-refractivity contribution is 0.0748. The van der Waals surface area contributed by atoms with Gasteiger partial charge in [0.1, 0.15) is 11.4 Å². The van der Waals surface area contributed by atoms with E-state index in [4.69, 9.17) is 9.15 Å². The molecule has 0 spiro atoms. The van der Waals surface area contributed by atoms with E-state index in [0.29, 0.717) is 30.1 Å². The number of aromatic nitrogens is 1. The standard InChI is InChI=1S/C25H23N3O3/c1-30-19-10-8-18(9-11-19)27-12-14-28(15-13-27)25(29)21-17-23(24-7-4-16-31-24)26-22-6-3-2-5-20(21)22/h2-11,16-17H,12-15H2,1H3. The molecule has 6 heteroatoms. The first-order valence-electron chi connectivity index (χ1n) is 10.3. The van der Waals surface area contributed by atoms with Gasteiger partial charge in [-0.3, -0.25) is 4.79 Å². The SMILES string of the molecule is COc1ccc(N2CCN(C(=O)c3cc(-c4ccco4)nc4ccccc34)CC2)cc1. The van der Waals surface area contributed by atoms with Crippen molar-refractivity contribution in [1.29, 1.82) is 0 Å². The van der Waals surface area contributed by atoms with E-state index in [-0.39, 0.29) is 5.91 Å². The fourth-order valence-electron chi connectivity index (χ4n) is 4.03. The number of para-hydroxylation sites is 1. The number of piperazine rings is 1. The van der Waals surface area contributed by atoms with Gasteiger partial charge in [-0.1, -0.05) is 18.2 Å². The van der Waals surface area contributed by atoms with Crippen LogP contribution in [-0.2, 0) is 0 Å². The number of carbonyl (C=O) groups is 1. The maximum Gasteiger partial charge on any atom is 0.254 e. The largest absolute Gasteiger partial charge is 0.497 e. The minimum absolute atomic E-state index is 0.0285. The van der Waals surface area contributed by atoms with E-state index in [1.165, 1.54) is 0 Å². The molecule has 0 atom stereocenters. The van der Waals surface area contributed by atoms with Crippen LogP contribution in [0.4, 0.5) is 5.69 Å². The topological polar surface area (TPSA) is 58.8 Å². The molecule has 1 amide bonds. The van der Waals surface area contributed by atoms with E-state index in [1.54, 1.807) is 13.4 Å². The molecule has 3 heterocycles. The highest BCUT2D eigenvalue weighted by molar-refractivity contribution is 6.07. The summed E-state index contributed by atoms with van der Waals surface area (Å²) in [5.41, 5.74) is 3.26. The smallest absolute Gasteiger partial charge is 0.254 e. The molecule has 0 unspecified atom stereocenters. The van der Waals surface area contributed by atoms with Gasteiger partial charge in [-0.15, -0.1) is 0 Å². The van der Waals surface area contributed by atoms with E-state index >= 15 is 0 Å². The highest BCUT2D eigenvalue weighted by atomic mass is 16.5. The minimum Gasteiger partial charge on any atom is -0.497 e. The molecule has 1 saturated heterocycles. The predicted molar refractivity (Wildman–Crippen MR) is 121 cm³/mol. The molecule has 1 aliphatic rings. The number of anilines is 1. The van der Waals surface area contributed by atoms with Gasteiger partial charge in [-0.05, 0) is 48.5 Å². The van der Waals surface area contributed by atoms with E-state index < -0.39 is 0 Å². The number of furan rings is 1. The first-order chi connectivity index (χ1) is 15.2. The van der Waals surface area contributed by atoms with Gasteiger partial charge < -0.3 is 19.0 Å². The zero-order valence-corrected chi connectivity index (χ0v) is 17.3. The third-order valence-corrected chi connectivity index (χ3v) is 5.72. The third kappa shape index (κ3) is 3.72. The summed E-state index contributed by atoms with van der Waals surface area (Å²) in [7, 11) is 1.67. The average molecular weight is 413 g/mol. The molecule has 0 aliphatic carbocycles. The van der Waals surface area contributed by atoms with Crippen molar-refractivity contribution in [3.05, 3.63) is 78.6 Å². The van der Waals surface area contributed by atoms with Crippen LogP contribution in [0, 0.1) is 0 Å². The number of hydrogen-bond acceptors (Lipinski definition) is 5. The van der Waals surface area contributed by atoms with Gasteiger partial charge in [0.05, 0.1) is 24.5 Å². The molecule has 156 valence electrons. The Morgan fingerprint density at radius 2 is 1.74 bits per heavy atom. The van der Waals surface area contributed by atoms with Gasteiger partial charge in [0.15, 0.2) is 5.76 Å². The second kappa shape index (κ2) is 8.14. The maximum absolute atomic E-state index is 13.5. The summed E-state index contributed by atoms with van der Waals surface area (Å²) >= 11 is 0. The van der Waals surface area contributed by atoms with Crippen molar-refractivity contribution in [3.63, 3.8) is 0 Å². The number of hydrogen-bond donors (Lipinski definition) is 0. The summed E-state index contributed by atoms with van der Waals surface area (Å²) in [5, 5.41) is 0.861. The number of nitrogens with zero attached hydrogens (tertiary/aromatic N) is 3. The van der Waals surface area contributed by atoms with Crippen molar-refractivity contribution < 1.29 is 13.9 Å². The quantitative estimate of drug-likeness (QED) is 0.494. The highest BCUT2D eigenvalue weighted by Crippen LogP contribution is 2.27. The van der Waals surface area contributed by atoms with Crippen LogP contribution in [0.2, 0.25) is 0 Å². The Labute approximate surface area is 180 Å². The lowest BCUT2D eigenvalue weighted by Crippen LogP contribution is -2.48. The number of carbonyl (C=O) groups excluding carboxylic acids is 1. The van der Waals surface area contributed by atoms with Crippen LogP contribution in [-0.4, -0.2) is 49.1 Å². The zero-order chi connectivity index (χ0) is 21.2. The Balaban J connectivity index is 1.39. The third-order valence-electron chi connectivity index (χ3n) is 5.72. The summed E-state index contributed by atoms with van der Waals surface area (Å²) in [6.45, 7) is 2.90. The molecule has 0 saturated carbocycles. The molecular formula is C25H23N3O3. The summed E-state index contributed by atoms with van der Waals surface area (Å²) in [6, 6.07) is 21.3. The van der Waals surface area contributed by atoms with E-state index in [1.807, 2.05) is 59.5 Å². The van der Waals surface area contributed by atoms with Gasteiger partial charge in [-0.25, -0.2) is 4.98 Å². The summed E-state index contributed by atoms with van der Waals surface area (Å²) in [4.78, 5) is 22.4. The number of pyridine rings is 1. The normalized spacial score (nSPS) is 14.1. The number of methoxy groups -OCH3 is 1. The molecule has 4 aromatic rings. The lowest BCUT2D eigenvalue weighted by Gasteiger charge is -2.36. The van der Waals surface area contributed by atoms with Crippen LogP contribution in [0.3, 0.4) is 0 Å². The molecule has 31 heavy (non-hydrogen) atoms. The number of rotatable bonds is 4. The van der Waals surface area contributed by atoms with Crippen molar-refractivity contribution in [2.24, 2.45) is 0 Å². The summed E-state index contributed by atoms with van der Waals surface area (Å²) in [5.74, 6) is 1.53. The second-order valence-electron chi connectivity index (χ2n) is 7.53. The second-order valence-corrected chi connectivity index (χ2v) is 7.53. The Bertz CT molecular complexity index is 1190. The van der Waals surface area contributed by atoms with Gasteiger partial charge in [0, 0.05) is 37.3 Å². The fourth-order valence-corrected chi connectivity index (χ4v) is 4.03. The first kappa shape index (κ1) is 19.2. The van der Waals surface area contributed by atoms with Crippen molar-refractivity contribution in [1.82, 2.24) is 9.88 Å². The van der Waals surface area contributed by atoms with Crippen LogP contribution >= 0.6 is 0 Å². The molecule has 5 rings (SSSR count). The van der Waals surface area contributed by atoms with E-state index in [2.05, 4.69) is 22.0 Å². The van der Waals surface area contributed by atoms with Crippen molar-refractivity contribution in [3.8, 4) is 17.2 Å². The van der Waals surface area contributed by atoms with Crippen LogP contribution in [0.15, 0.2) is 77.4 Å². The molecule has 0 bridgehead atoms. The highest BCUT2D eigenvalue weighted by Gasteiger charge is 2.24. The molecule has 0 N–H and O–H groups in total. The Morgan fingerprint density at radius 1 is 0.968 bits per heavy atom. The first-order valence-corrected chi connectivity index (χ1v) is 10.3. The summed E-state index contributed by atoms with van der Waals surface area (Å²) < 4.78 is 10.8. The van der Waals surface area contributed by atoms with E-state index in [0.717, 1.165) is 35.4 Å². The number of amides is 1. The van der Waals surface area contributed by atoms with E-state index in [9.17, 15) is 4.79 Å². The molecule has 1 aliphatic heterocycles. The monoisotopic (exact) mass is 413 g/mol. The molecule has 2 aromatic carbocycles. The van der Waals surface area contributed by atoms with Gasteiger partial charge in [0.2, 0.25) is 0 Å². The van der Waals surface area contributed by atoms with Crippen molar-refractivity contribution in [2.75, 3.05) is 38.2 Å². The minimum atomic E-state index is 0.0285. The van der Waals surface area contributed by atoms with Crippen LogP contribution in [0.1, 0.15) is 10.4 Å². The van der Waals surface area contributed by atoms with Crippen molar-refractivity contribution in [2.45, 2.75) is 0 Å². The molecule has 1 fully saturated rings. The Kier molecular flexibility index (Phi) is 5.04. The molecule has 6 nitrogen and oxygen atoms in total. The number of fused-ring (bicyclic) bond motifs is 1. The molecular weight excluding hydrogens is 390 g/mol. The zero-order valence-electron chi connectivity index (χ0n) is 17.3. The predicted octanol–water partition coefficient (Wildman–Crippen LogP) is 4.47. The molecule has 0 radical (unpaired) electrons. The summed E-state index contributed by atoms with van der Waals surface area (Å²) in [6.07, 6.45) is 1.62. The maximum atomic E-state index is 13.5. The molecule has 2 aromatic heterocycles. The van der Waals surface area contributed by atoms with Gasteiger partial charge >= 0.3 is 0 Å². The van der Waals surface area contributed by atoms with Crippen LogP contribution < -0.4 is 9.64 Å². The van der Waals surface area contributed by atoms with Gasteiger partial charge in [-0.2, -0.15) is 0 Å². The van der Waals surface area contributed by atoms with Gasteiger partial charge in [0.25, 0.3) is 5.91 Å². The Morgan fingerprint density at radius 3 is 2.45 bits per heavy atom.